The molecule has 0 atom stereocenters. The molecule has 3 aromatic rings. The normalized spacial score (nSPS) is 18.3. The van der Waals surface area contributed by atoms with Crippen molar-refractivity contribution < 1.29 is 4.74 Å². The SMILES string of the molecule is [C-]#[N+]c1cc2c(-c3cncc(N)c3Cl)cn(C3CC4(COC4)C3)c2cc1C. The van der Waals surface area contributed by atoms with E-state index in [1.165, 1.54) is 0 Å². The Balaban J connectivity index is 1.71. The highest BCUT2D eigenvalue weighted by Gasteiger charge is 2.50. The topological polar surface area (TPSA) is 57.4 Å². The van der Waals surface area contributed by atoms with Crippen molar-refractivity contribution in [3.8, 4) is 11.1 Å². The molecule has 27 heavy (non-hydrogen) atoms. The number of pyridine rings is 1. The van der Waals surface area contributed by atoms with Crippen LogP contribution in [0.25, 0.3) is 26.9 Å². The van der Waals surface area contributed by atoms with Crippen LogP contribution in [0.2, 0.25) is 5.02 Å². The van der Waals surface area contributed by atoms with Gasteiger partial charge < -0.3 is 15.0 Å². The van der Waals surface area contributed by atoms with E-state index in [4.69, 9.17) is 28.6 Å². The summed E-state index contributed by atoms with van der Waals surface area (Å²) in [5, 5.41) is 1.53. The van der Waals surface area contributed by atoms with Crippen molar-refractivity contribution in [2.75, 3.05) is 18.9 Å². The van der Waals surface area contributed by atoms with Gasteiger partial charge in [0.1, 0.15) is 0 Å². The quantitative estimate of drug-likeness (QED) is 0.627. The fourth-order valence-electron chi connectivity index (χ4n) is 4.44. The Labute approximate surface area is 162 Å². The molecule has 1 spiro atoms. The van der Waals surface area contributed by atoms with Crippen LogP contribution in [-0.2, 0) is 4.74 Å². The van der Waals surface area contributed by atoms with E-state index in [1.54, 1.807) is 12.4 Å². The molecule has 0 bridgehead atoms. The highest BCUT2D eigenvalue weighted by atomic mass is 35.5. The van der Waals surface area contributed by atoms with E-state index in [9.17, 15) is 0 Å². The van der Waals surface area contributed by atoms with Gasteiger partial charge in [-0.1, -0.05) is 11.6 Å². The molecule has 2 N–H and O–H groups in total. The molecule has 6 heteroatoms. The van der Waals surface area contributed by atoms with Crippen LogP contribution in [-0.4, -0.2) is 22.8 Å². The number of ether oxygens (including phenoxy) is 1. The second kappa shape index (κ2) is 5.72. The van der Waals surface area contributed by atoms with Crippen LogP contribution in [0.15, 0.2) is 30.7 Å². The number of aryl methyl sites for hydroxylation is 1. The average Bonchev–Trinajstić information content (AvgIpc) is 2.92. The first-order valence-electron chi connectivity index (χ1n) is 9.01. The third kappa shape index (κ3) is 2.37. The van der Waals surface area contributed by atoms with Crippen molar-refractivity contribution in [1.29, 1.82) is 0 Å². The zero-order valence-electron chi connectivity index (χ0n) is 15.0. The van der Waals surface area contributed by atoms with Gasteiger partial charge in [-0.15, -0.1) is 0 Å². The molecule has 5 nitrogen and oxygen atoms in total. The lowest BCUT2D eigenvalue weighted by Gasteiger charge is -2.53. The van der Waals surface area contributed by atoms with Crippen molar-refractivity contribution >= 4 is 33.9 Å². The van der Waals surface area contributed by atoms with Crippen LogP contribution in [0.5, 0.6) is 0 Å². The number of hydrogen-bond acceptors (Lipinski definition) is 3. The van der Waals surface area contributed by atoms with Gasteiger partial charge in [-0.05, 0) is 42.8 Å². The smallest absolute Gasteiger partial charge is 0.190 e. The first-order valence-corrected chi connectivity index (χ1v) is 9.39. The van der Waals surface area contributed by atoms with Crippen molar-refractivity contribution in [3.63, 3.8) is 0 Å². The zero-order chi connectivity index (χ0) is 18.8. The number of halogens is 1. The van der Waals surface area contributed by atoms with E-state index in [0.717, 1.165) is 53.6 Å². The number of hydrogen-bond donors (Lipinski definition) is 1. The summed E-state index contributed by atoms with van der Waals surface area (Å²) in [6.07, 6.45) is 7.71. The Bertz CT molecular complexity index is 1120. The summed E-state index contributed by atoms with van der Waals surface area (Å²) in [5.41, 5.74) is 11.4. The number of nitrogens with zero attached hydrogens (tertiary/aromatic N) is 3. The molecule has 2 aromatic heterocycles. The van der Waals surface area contributed by atoms with Crippen LogP contribution in [0, 0.1) is 18.9 Å². The van der Waals surface area contributed by atoms with E-state index < -0.39 is 0 Å². The number of anilines is 1. The third-order valence-electron chi connectivity index (χ3n) is 6.02. The van der Waals surface area contributed by atoms with E-state index in [1.807, 2.05) is 13.0 Å². The summed E-state index contributed by atoms with van der Waals surface area (Å²) in [6.45, 7) is 11.2. The number of nitrogens with two attached hydrogens (primary N) is 1. The maximum atomic E-state index is 7.48. The fourth-order valence-corrected chi connectivity index (χ4v) is 4.64. The number of rotatable bonds is 2. The largest absolute Gasteiger partial charge is 0.396 e. The average molecular weight is 379 g/mol. The second-order valence-electron chi connectivity index (χ2n) is 7.86. The maximum absolute atomic E-state index is 7.48. The molecular formula is C21H19ClN4O. The van der Waals surface area contributed by atoms with E-state index in [-0.39, 0.29) is 0 Å². The molecule has 1 aliphatic heterocycles. The summed E-state index contributed by atoms with van der Waals surface area (Å²) in [5.74, 6) is 0. The summed E-state index contributed by atoms with van der Waals surface area (Å²) < 4.78 is 7.76. The molecule has 0 radical (unpaired) electrons. The van der Waals surface area contributed by atoms with Crippen LogP contribution in [0.1, 0.15) is 24.4 Å². The van der Waals surface area contributed by atoms with E-state index in [0.29, 0.717) is 27.9 Å². The number of nitrogen functional groups attached to an aromatic ring is 1. The minimum Gasteiger partial charge on any atom is -0.396 e. The highest BCUT2D eigenvalue weighted by Crippen LogP contribution is 2.54. The van der Waals surface area contributed by atoms with Crippen molar-refractivity contribution in [2.24, 2.45) is 5.41 Å². The summed E-state index contributed by atoms with van der Waals surface area (Å²) in [4.78, 5) is 7.91. The lowest BCUT2D eigenvalue weighted by Crippen LogP contribution is -2.52. The molecule has 2 fully saturated rings. The third-order valence-corrected chi connectivity index (χ3v) is 6.44. The summed E-state index contributed by atoms with van der Waals surface area (Å²) in [6, 6.07) is 4.52. The van der Waals surface area contributed by atoms with Crippen LogP contribution in [0.4, 0.5) is 11.4 Å². The molecule has 1 aliphatic carbocycles. The predicted molar refractivity (Wildman–Crippen MR) is 107 cm³/mol. The molecule has 0 unspecified atom stereocenters. The summed E-state index contributed by atoms with van der Waals surface area (Å²) in [7, 11) is 0. The molecule has 2 aliphatic rings. The molecule has 136 valence electrons. The second-order valence-corrected chi connectivity index (χ2v) is 8.24. The Morgan fingerprint density at radius 3 is 2.74 bits per heavy atom. The van der Waals surface area contributed by atoms with Gasteiger partial charge in [0.25, 0.3) is 0 Å². The minimum absolute atomic E-state index is 0.378. The lowest BCUT2D eigenvalue weighted by atomic mass is 9.64. The standard InChI is InChI=1S/C21H19ClN4O/c1-12-3-19-14(4-18(12)24-2)16(15-7-25-8-17(23)20(15)22)9-26(19)13-5-21(6-13)10-27-11-21/h3-4,7-9,13H,5-6,10-11,23H2,1H3. The molecule has 1 aromatic carbocycles. The van der Waals surface area contributed by atoms with Crippen molar-refractivity contribution in [1.82, 2.24) is 9.55 Å². The van der Waals surface area contributed by atoms with Crippen molar-refractivity contribution in [3.05, 3.63) is 52.7 Å². The van der Waals surface area contributed by atoms with Gasteiger partial charge in [-0.2, -0.15) is 0 Å². The first kappa shape index (κ1) is 16.6. The van der Waals surface area contributed by atoms with Crippen molar-refractivity contribution in [2.45, 2.75) is 25.8 Å². The Morgan fingerprint density at radius 2 is 2.07 bits per heavy atom. The molecule has 1 saturated heterocycles. The lowest BCUT2D eigenvalue weighted by molar-refractivity contribution is -0.173. The van der Waals surface area contributed by atoms with Crippen LogP contribution >= 0.6 is 11.6 Å². The minimum atomic E-state index is 0.378. The van der Waals surface area contributed by atoms with Crippen LogP contribution < -0.4 is 5.73 Å². The van der Waals surface area contributed by atoms with Gasteiger partial charge in [0, 0.05) is 40.5 Å². The van der Waals surface area contributed by atoms with E-state index >= 15 is 0 Å². The monoisotopic (exact) mass is 378 g/mol. The highest BCUT2D eigenvalue weighted by molar-refractivity contribution is 6.36. The molecule has 0 amide bonds. The van der Waals surface area contributed by atoms with Gasteiger partial charge in [-0.25, -0.2) is 4.85 Å². The Kier molecular flexibility index (Phi) is 3.52. The Morgan fingerprint density at radius 1 is 1.30 bits per heavy atom. The first-order chi connectivity index (χ1) is 13.0. The molecular weight excluding hydrogens is 360 g/mol. The number of fused-ring (bicyclic) bond motifs is 1. The predicted octanol–water partition coefficient (Wildman–Crippen LogP) is 5.15. The van der Waals surface area contributed by atoms with Gasteiger partial charge in [0.15, 0.2) is 5.69 Å². The number of benzene rings is 1. The van der Waals surface area contributed by atoms with Crippen LogP contribution in [0.3, 0.4) is 0 Å². The zero-order valence-corrected chi connectivity index (χ0v) is 15.8. The van der Waals surface area contributed by atoms with E-state index in [2.05, 4.69) is 26.7 Å². The number of aromatic nitrogens is 2. The molecule has 1 saturated carbocycles. The van der Waals surface area contributed by atoms with Gasteiger partial charge in [0.2, 0.25) is 0 Å². The molecule has 5 rings (SSSR count). The molecule has 3 heterocycles. The Hall–Kier alpha value is -2.55. The van der Waals surface area contributed by atoms with Gasteiger partial charge in [0.05, 0.1) is 36.7 Å². The summed E-state index contributed by atoms with van der Waals surface area (Å²) >= 11 is 6.50. The van der Waals surface area contributed by atoms with Gasteiger partial charge >= 0.3 is 0 Å². The van der Waals surface area contributed by atoms with Gasteiger partial charge in [-0.3, -0.25) is 4.98 Å². The maximum Gasteiger partial charge on any atom is 0.190 e. The fraction of sp³-hybridized carbons (Fsp3) is 0.333.